The minimum atomic E-state index is -1.53. The van der Waals surface area contributed by atoms with E-state index in [1.165, 1.54) is 12.1 Å². The highest BCUT2D eigenvalue weighted by atomic mass is 32.2. The maximum absolute atomic E-state index is 12.7. The normalized spacial score (nSPS) is 31.9. The number of allylic oxidation sites excluding steroid dienone is 1. The summed E-state index contributed by atoms with van der Waals surface area (Å²) < 4.78 is 10.8. The van der Waals surface area contributed by atoms with E-state index in [4.69, 9.17) is 14.9 Å². The number of rotatable bonds is 5. The highest BCUT2D eigenvalue weighted by Gasteiger charge is 2.43. The maximum atomic E-state index is 12.7. The van der Waals surface area contributed by atoms with E-state index in [9.17, 15) is 40.2 Å². The molecule has 2 heterocycles. The van der Waals surface area contributed by atoms with Gasteiger partial charge in [-0.2, -0.15) is 0 Å². The van der Waals surface area contributed by atoms with Crippen molar-refractivity contribution in [1.29, 1.82) is 5.41 Å². The van der Waals surface area contributed by atoms with Crippen LogP contribution in [0.25, 0.3) is 0 Å². The number of carbonyl (C=O) groups excluding carboxylic acids is 2. The first-order valence-corrected chi connectivity index (χ1v) is 13.4. The number of hydrogen-bond donors (Lipinski definition) is 8. The maximum Gasteiger partial charge on any atom is 0.342 e. The lowest BCUT2D eigenvalue weighted by Gasteiger charge is -2.39. The first-order valence-electron chi connectivity index (χ1n) is 12.4. The molecule has 7 atom stereocenters. The number of nitrogens with one attached hydrogen (secondary N) is 2. The van der Waals surface area contributed by atoms with Crippen LogP contribution in [0.15, 0.2) is 36.4 Å². The number of ether oxygens (including phenoxy) is 2. The number of hydrogen-bond acceptors (Lipinski definition) is 12. The first-order chi connectivity index (χ1) is 18.5. The Morgan fingerprint density at radius 3 is 2.59 bits per heavy atom. The summed E-state index contributed by atoms with van der Waals surface area (Å²) in [5.41, 5.74) is -0.821. The highest BCUT2D eigenvalue weighted by Crippen LogP contribution is 2.30. The van der Waals surface area contributed by atoms with Gasteiger partial charge in [0.05, 0.1) is 18.4 Å². The Morgan fingerprint density at radius 2 is 1.87 bits per heavy atom. The van der Waals surface area contributed by atoms with Crippen molar-refractivity contribution >= 4 is 29.4 Å². The molecule has 0 aliphatic carbocycles. The van der Waals surface area contributed by atoms with Crippen molar-refractivity contribution in [3.8, 4) is 11.5 Å². The molecule has 2 unspecified atom stereocenters. The van der Waals surface area contributed by atoms with Crippen LogP contribution in [0.1, 0.15) is 35.7 Å². The zero-order chi connectivity index (χ0) is 28.7. The number of aliphatic hydroxyl groups excluding tert-OH is 4. The summed E-state index contributed by atoms with van der Waals surface area (Å²) in [5, 5.41) is 70.5. The Labute approximate surface area is 229 Å². The number of aromatic hydroxyl groups is 2. The van der Waals surface area contributed by atoms with Crippen LogP contribution in [0.2, 0.25) is 0 Å². The second-order valence-corrected chi connectivity index (χ2v) is 10.5. The van der Waals surface area contributed by atoms with Gasteiger partial charge in [0.15, 0.2) is 0 Å². The quantitative estimate of drug-likeness (QED) is 0.177. The lowest BCUT2D eigenvalue weighted by molar-refractivity contribution is -0.205. The molecule has 214 valence electrons. The molecule has 1 fully saturated rings. The van der Waals surface area contributed by atoms with Crippen molar-refractivity contribution in [2.24, 2.45) is 0 Å². The van der Waals surface area contributed by atoms with Crippen LogP contribution in [0, 0.1) is 5.41 Å². The molecule has 13 heteroatoms. The first kappa shape index (κ1) is 30.6. The SMILES string of the molecule is C[C@@H]1C/C=C/[C@H](NC(=O)CS[C@H]2OC(CO)[C@H](O)[C@@H](O)C2O)C/C=C/C(=N)Cc2cc(O)cc(O)c2C(=O)O1. The van der Waals surface area contributed by atoms with Crippen molar-refractivity contribution < 1.29 is 49.7 Å². The van der Waals surface area contributed by atoms with Gasteiger partial charge in [-0.25, -0.2) is 4.79 Å². The molecule has 1 aromatic carbocycles. The molecule has 12 nitrogen and oxygen atoms in total. The average molecular weight is 567 g/mol. The van der Waals surface area contributed by atoms with Crippen LogP contribution in [0.5, 0.6) is 11.5 Å². The van der Waals surface area contributed by atoms with E-state index in [0.717, 1.165) is 17.8 Å². The zero-order valence-corrected chi connectivity index (χ0v) is 22.1. The van der Waals surface area contributed by atoms with E-state index in [1.807, 2.05) is 0 Å². The molecular weight excluding hydrogens is 532 g/mol. The van der Waals surface area contributed by atoms with Crippen LogP contribution in [-0.2, 0) is 20.7 Å². The summed E-state index contributed by atoms with van der Waals surface area (Å²) in [4.78, 5) is 25.4. The van der Waals surface area contributed by atoms with Crippen LogP contribution in [0.3, 0.4) is 0 Å². The van der Waals surface area contributed by atoms with Gasteiger partial charge in [-0.05, 0) is 31.1 Å². The minimum Gasteiger partial charge on any atom is -0.508 e. The Morgan fingerprint density at radius 1 is 1.13 bits per heavy atom. The molecule has 3 rings (SSSR count). The molecule has 1 amide bonds. The second kappa shape index (κ2) is 13.9. The van der Waals surface area contributed by atoms with Crippen molar-refractivity contribution in [1.82, 2.24) is 5.32 Å². The number of phenolic OH excluding ortho intramolecular Hbond substituents is 2. The fourth-order valence-corrected chi connectivity index (χ4v) is 5.16. The third-order valence-electron chi connectivity index (χ3n) is 6.20. The predicted octanol–water partition coefficient (Wildman–Crippen LogP) is 0.129. The third kappa shape index (κ3) is 8.27. The fraction of sp³-hybridized carbons (Fsp3) is 0.500. The molecule has 8 N–H and O–H groups in total. The summed E-state index contributed by atoms with van der Waals surface area (Å²) in [5.74, 6) is -2.03. The van der Waals surface area contributed by atoms with Crippen molar-refractivity contribution in [3.05, 3.63) is 47.6 Å². The summed E-state index contributed by atoms with van der Waals surface area (Å²) in [6, 6.07) is 1.85. The number of carbonyl (C=O) groups is 2. The van der Waals surface area contributed by atoms with Gasteiger partial charge in [-0.1, -0.05) is 18.2 Å². The molecule has 0 spiro atoms. The van der Waals surface area contributed by atoms with Crippen LogP contribution >= 0.6 is 11.8 Å². The fourth-order valence-electron chi connectivity index (χ4n) is 4.19. The van der Waals surface area contributed by atoms with Gasteiger partial charge in [0.1, 0.15) is 53.0 Å². The molecule has 0 saturated carbocycles. The summed E-state index contributed by atoms with van der Waals surface area (Å²) >= 11 is 0.911. The number of benzene rings is 1. The Kier molecular flexibility index (Phi) is 10.9. The molecule has 1 aromatic rings. The predicted molar refractivity (Wildman–Crippen MR) is 142 cm³/mol. The Bertz CT molecular complexity index is 1110. The number of fused-ring (bicyclic) bond motifs is 1. The minimum absolute atomic E-state index is 0.0557. The van der Waals surface area contributed by atoms with E-state index >= 15 is 0 Å². The molecule has 1 saturated heterocycles. The number of phenols is 2. The van der Waals surface area contributed by atoms with Gasteiger partial charge in [-0.3, -0.25) is 4.79 Å². The second-order valence-electron chi connectivity index (χ2n) is 9.40. The lowest BCUT2D eigenvalue weighted by atomic mass is 9.99. The number of esters is 1. The van der Waals surface area contributed by atoms with E-state index in [2.05, 4.69) is 5.32 Å². The van der Waals surface area contributed by atoms with E-state index in [1.54, 1.807) is 25.2 Å². The Balaban J connectivity index is 1.67. The third-order valence-corrected chi connectivity index (χ3v) is 7.34. The molecule has 0 bridgehead atoms. The molecule has 0 radical (unpaired) electrons. The summed E-state index contributed by atoms with van der Waals surface area (Å²) in [7, 11) is 0. The topological polar surface area (TPSA) is 210 Å². The zero-order valence-electron chi connectivity index (χ0n) is 21.3. The number of thioether (sulfide) groups is 1. The number of amides is 1. The van der Waals surface area contributed by atoms with Gasteiger partial charge in [0.25, 0.3) is 0 Å². The van der Waals surface area contributed by atoms with Gasteiger partial charge < -0.3 is 50.8 Å². The van der Waals surface area contributed by atoms with E-state index < -0.39 is 66.2 Å². The molecule has 2 aliphatic heterocycles. The van der Waals surface area contributed by atoms with Gasteiger partial charge >= 0.3 is 5.97 Å². The standard InChI is InChI=1S/C26H34N2O10S/c1-13-4-2-6-16(28-20(32)12-39-26-24(35)23(34)22(33)19(11-29)38-26)7-3-5-15(27)8-14-9-17(30)10-18(31)21(14)25(36)37-13/h2-3,5-6,9-10,13,16,19,22-24,26-27,29-31,33-35H,4,7-8,11-12H2,1H3,(H,28,32)/b5-3+,6-2+,27-15?/t13-,16+,19?,22+,23-,24?,26-/m1/s1. The van der Waals surface area contributed by atoms with Gasteiger partial charge in [-0.15, -0.1) is 11.8 Å². The van der Waals surface area contributed by atoms with Crippen molar-refractivity contribution in [2.45, 2.75) is 68.2 Å². The molecule has 0 aromatic heterocycles. The van der Waals surface area contributed by atoms with Crippen molar-refractivity contribution in [3.63, 3.8) is 0 Å². The van der Waals surface area contributed by atoms with E-state index in [0.29, 0.717) is 12.8 Å². The van der Waals surface area contributed by atoms with Gasteiger partial charge in [0.2, 0.25) is 5.91 Å². The van der Waals surface area contributed by atoms with Crippen LogP contribution in [-0.4, -0.2) is 103 Å². The molecule has 2 aliphatic rings. The van der Waals surface area contributed by atoms with Crippen LogP contribution < -0.4 is 5.32 Å². The molecular formula is C26H34N2O10S. The van der Waals surface area contributed by atoms with Crippen LogP contribution in [0.4, 0.5) is 0 Å². The largest absolute Gasteiger partial charge is 0.508 e. The smallest absolute Gasteiger partial charge is 0.342 e. The Hall–Kier alpha value is -2.94. The van der Waals surface area contributed by atoms with Gasteiger partial charge in [0, 0.05) is 24.6 Å². The van der Waals surface area contributed by atoms with Crippen molar-refractivity contribution in [2.75, 3.05) is 12.4 Å². The number of cyclic esters (lactones) is 1. The number of aliphatic hydroxyl groups is 4. The molecule has 39 heavy (non-hydrogen) atoms. The average Bonchev–Trinajstić information content (AvgIpc) is 2.85. The summed E-state index contributed by atoms with van der Waals surface area (Å²) in [6.45, 7) is 1.10. The van der Waals surface area contributed by atoms with E-state index in [-0.39, 0.29) is 34.8 Å². The summed E-state index contributed by atoms with van der Waals surface area (Å²) in [6.07, 6.45) is 1.10. The highest BCUT2D eigenvalue weighted by molar-refractivity contribution is 8.00. The lowest BCUT2D eigenvalue weighted by Crippen LogP contribution is -2.57. The monoisotopic (exact) mass is 566 g/mol.